The Labute approximate surface area is 121 Å². The Kier molecular flexibility index (Phi) is 3.10. The van der Waals surface area contributed by atoms with Gasteiger partial charge in [-0.1, -0.05) is 12.1 Å². The molecule has 0 radical (unpaired) electrons. The van der Waals surface area contributed by atoms with Gasteiger partial charge in [-0.25, -0.2) is 8.42 Å². The summed E-state index contributed by atoms with van der Waals surface area (Å²) in [6.07, 6.45) is 0. The van der Waals surface area contributed by atoms with Crippen molar-refractivity contribution in [2.24, 2.45) is 0 Å². The molecule has 0 atom stereocenters. The molecule has 0 fully saturated rings. The first kappa shape index (κ1) is 13.5. The molecule has 2 aromatic rings. The van der Waals surface area contributed by atoms with Crippen molar-refractivity contribution in [1.29, 1.82) is 0 Å². The predicted octanol–water partition coefficient (Wildman–Crippen LogP) is 2.30. The number of sulfone groups is 1. The van der Waals surface area contributed by atoms with Crippen LogP contribution in [-0.2, 0) is 9.84 Å². The van der Waals surface area contributed by atoms with Crippen LogP contribution in [0.2, 0.25) is 0 Å². The molecular weight excluding hydrogens is 292 g/mol. The van der Waals surface area contributed by atoms with Gasteiger partial charge in [0.1, 0.15) is 12.4 Å². The lowest BCUT2D eigenvalue weighted by Gasteiger charge is -2.09. The second kappa shape index (κ2) is 4.82. The van der Waals surface area contributed by atoms with Gasteiger partial charge in [-0.15, -0.1) is 0 Å². The maximum absolute atomic E-state index is 12.0. The van der Waals surface area contributed by atoms with Crippen LogP contribution in [0, 0.1) is 0 Å². The molecule has 0 saturated heterocycles. The topological polar surface area (TPSA) is 83.8 Å². The van der Waals surface area contributed by atoms with Crippen molar-refractivity contribution < 1.29 is 23.4 Å². The fourth-order valence-corrected chi connectivity index (χ4v) is 3.66. The highest BCUT2D eigenvalue weighted by molar-refractivity contribution is 7.95. The molecular formula is C15H12O5S. The van der Waals surface area contributed by atoms with Crippen molar-refractivity contribution >= 4 is 15.4 Å². The maximum Gasteiger partial charge on any atom is 0.200 e. The zero-order valence-electron chi connectivity index (χ0n) is 10.9. The molecule has 21 heavy (non-hydrogen) atoms. The normalized spacial score (nSPS) is 15.3. The van der Waals surface area contributed by atoms with Crippen LogP contribution in [-0.4, -0.2) is 25.2 Å². The van der Waals surface area contributed by atoms with Gasteiger partial charge < -0.3 is 14.9 Å². The summed E-state index contributed by atoms with van der Waals surface area (Å²) in [5, 5.41) is 20.2. The van der Waals surface area contributed by atoms with Crippen LogP contribution in [0.3, 0.4) is 0 Å². The highest BCUT2D eigenvalue weighted by Gasteiger charge is 2.27. The van der Waals surface area contributed by atoms with E-state index in [1.165, 1.54) is 24.3 Å². The molecule has 2 N–H and O–H groups in total. The molecule has 2 aromatic carbocycles. The monoisotopic (exact) mass is 304 g/mol. The lowest BCUT2D eigenvalue weighted by atomic mass is 10.1. The summed E-state index contributed by atoms with van der Waals surface area (Å²) in [7, 11) is -3.56. The SMILES string of the molecule is O=S1(=O)C=C(COc2ccccc2O)c2ccc(O)cc21. The first-order chi connectivity index (χ1) is 9.97. The molecule has 3 rings (SSSR count). The van der Waals surface area contributed by atoms with E-state index in [1.54, 1.807) is 18.2 Å². The largest absolute Gasteiger partial charge is 0.508 e. The number of ether oxygens (including phenoxy) is 1. The Bertz CT molecular complexity index is 837. The van der Waals surface area contributed by atoms with E-state index in [9.17, 15) is 18.6 Å². The number of fused-ring (bicyclic) bond motifs is 1. The zero-order valence-corrected chi connectivity index (χ0v) is 11.7. The summed E-state index contributed by atoms with van der Waals surface area (Å²) in [4.78, 5) is 0.0679. The third-order valence-electron chi connectivity index (χ3n) is 3.16. The van der Waals surface area contributed by atoms with Crippen LogP contribution < -0.4 is 4.74 Å². The standard InChI is InChI=1S/C15H12O5S/c16-11-5-6-12-10(9-21(18,19)15(12)7-11)8-20-14-4-2-1-3-13(14)17/h1-7,9,16-17H,8H2. The number of hydrogen-bond donors (Lipinski definition) is 2. The van der Waals surface area contributed by atoms with Gasteiger partial charge in [0.05, 0.1) is 4.90 Å². The van der Waals surface area contributed by atoms with Gasteiger partial charge in [-0.3, -0.25) is 0 Å². The van der Waals surface area contributed by atoms with Crippen molar-refractivity contribution in [1.82, 2.24) is 0 Å². The van der Waals surface area contributed by atoms with Gasteiger partial charge in [-0.05, 0) is 30.3 Å². The van der Waals surface area contributed by atoms with Crippen molar-refractivity contribution in [3.05, 3.63) is 53.4 Å². The molecule has 0 aliphatic carbocycles. The van der Waals surface area contributed by atoms with E-state index in [2.05, 4.69) is 0 Å². The van der Waals surface area contributed by atoms with Crippen molar-refractivity contribution in [3.63, 3.8) is 0 Å². The Hall–Kier alpha value is -2.47. The fraction of sp³-hybridized carbons (Fsp3) is 0.0667. The quantitative estimate of drug-likeness (QED) is 0.909. The second-order valence-corrected chi connectivity index (χ2v) is 6.39. The van der Waals surface area contributed by atoms with Crippen molar-refractivity contribution in [3.8, 4) is 17.2 Å². The number of phenolic OH excluding ortho intramolecular Hbond substituents is 2. The number of para-hydroxylation sites is 2. The minimum absolute atomic E-state index is 0.00851. The first-order valence-electron chi connectivity index (χ1n) is 6.17. The average Bonchev–Trinajstić information content (AvgIpc) is 2.69. The molecule has 1 aliphatic heterocycles. The summed E-state index contributed by atoms with van der Waals surface area (Å²) in [5.41, 5.74) is 0.983. The maximum atomic E-state index is 12.0. The molecule has 1 heterocycles. The van der Waals surface area contributed by atoms with E-state index in [0.29, 0.717) is 11.1 Å². The minimum Gasteiger partial charge on any atom is -0.508 e. The van der Waals surface area contributed by atoms with Crippen LogP contribution >= 0.6 is 0 Å². The van der Waals surface area contributed by atoms with Crippen molar-refractivity contribution in [2.45, 2.75) is 4.90 Å². The summed E-state index contributed by atoms with van der Waals surface area (Å²) < 4.78 is 29.5. The van der Waals surface area contributed by atoms with Crippen LogP contribution in [0.15, 0.2) is 52.8 Å². The highest BCUT2D eigenvalue weighted by Crippen LogP contribution is 2.36. The molecule has 0 bridgehead atoms. The Morgan fingerprint density at radius 3 is 2.57 bits per heavy atom. The van der Waals surface area contributed by atoms with Crippen LogP contribution in [0.4, 0.5) is 0 Å². The summed E-state index contributed by atoms with van der Waals surface area (Å²) in [6, 6.07) is 10.6. The molecule has 6 heteroatoms. The summed E-state index contributed by atoms with van der Waals surface area (Å²) >= 11 is 0. The van der Waals surface area contributed by atoms with Crippen LogP contribution in [0.1, 0.15) is 5.56 Å². The van der Waals surface area contributed by atoms with Gasteiger partial charge >= 0.3 is 0 Å². The van der Waals surface area contributed by atoms with Gasteiger partial charge in [0.2, 0.25) is 9.84 Å². The third-order valence-corrected chi connectivity index (χ3v) is 4.71. The lowest BCUT2D eigenvalue weighted by molar-refractivity contribution is 0.341. The Morgan fingerprint density at radius 2 is 1.81 bits per heavy atom. The minimum atomic E-state index is -3.56. The van der Waals surface area contributed by atoms with E-state index in [0.717, 1.165) is 5.41 Å². The number of aromatic hydroxyl groups is 2. The van der Waals surface area contributed by atoms with E-state index < -0.39 is 9.84 Å². The molecule has 5 nitrogen and oxygen atoms in total. The average molecular weight is 304 g/mol. The third kappa shape index (κ3) is 2.45. The fourth-order valence-electron chi connectivity index (χ4n) is 2.17. The molecule has 0 amide bonds. The number of benzene rings is 2. The highest BCUT2D eigenvalue weighted by atomic mass is 32.2. The van der Waals surface area contributed by atoms with E-state index in [1.807, 2.05) is 0 Å². The molecule has 0 saturated carbocycles. The summed E-state index contributed by atoms with van der Waals surface area (Å²) in [6.45, 7) is 0.00851. The van der Waals surface area contributed by atoms with Gasteiger partial charge in [0, 0.05) is 16.5 Å². The van der Waals surface area contributed by atoms with Crippen molar-refractivity contribution in [2.75, 3.05) is 6.61 Å². The molecule has 0 aromatic heterocycles. The number of rotatable bonds is 3. The Morgan fingerprint density at radius 1 is 1.05 bits per heavy atom. The number of hydrogen-bond acceptors (Lipinski definition) is 5. The van der Waals surface area contributed by atoms with E-state index >= 15 is 0 Å². The predicted molar refractivity (Wildman–Crippen MR) is 76.9 cm³/mol. The van der Waals surface area contributed by atoms with E-state index in [-0.39, 0.29) is 28.8 Å². The molecule has 108 valence electrons. The Balaban J connectivity index is 1.90. The molecule has 1 aliphatic rings. The molecule has 0 unspecified atom stereocenters. The van der Waals surface area contributed by atoms with Crippen LogP contribution in [0.5, 0.6) is 17.2 Å². The van der Waals surface area contributed by atoms with Gasteiger partial charge in [0.15, 0.2) is 11.5 Å². The molecule has 0 spiro atoms. The van der Waals surface area contributed by atoms with Gasteiger partial charge in [-0.2, -0.15) is 0 Å². The second-order valence-electron chi connectivity index (χ2n) is 4.62. The lowest BCUT2D eigenvalue weighted by Crippen LogP contribution is -1.99. The van der Waals surface area contributed by atoms with Crippen LogP contribution in [0.25, 0.3) is 5.57 Å². The smallest absolute Gasteiger partial charge is 0.200 e. The first-order valence-corrected chi connectivity index (χ1v) is 7.72. The van der Waals surface area contributed by atoms with E-state index in [4.69, 9.17) is 4.74 Å². The van der Waals surface area contributed by atoms with Gasteiger partial charge in [0.25, 0.3) is 0 Å². The summed E-state index contributed by atoms with van der Waals surface area (Å²) in [5.74, 6) is 0.168. The zero-order chi connectivity index (χ0) is 15.0. The number of phenols is 2.